The van der Waals surface area contributed by atoms with E-state index in [0.29, 0.717) is 5.69 Å². The molecular weight excluding hydrogens is 286 g/mol. The molecule has 1 aromatic carbocycles. The molecule has 3 amide bonds. The van der Waals surface area contributed by atoms with E-state index in [9.17, 15) is 19.2 Å². The van der Waals surface area contributed by atoms with Crippen LogP contribution in [0.5, 0.6) is 0 Å². The molecule has 1 aromatic rings. The number of hydrogen-bond donors (Lipinski definition) is 3. The molecule has 0 spiro atoms. The molecule has 1 atom stereocenters. The first-order valence-corrected chi connectivity index (χ1v) is 6.77. The van der Waals surface area contributed by atoms with Gasteiger partial charge in [0.1, 0.15) is 11.8 Å². The van der Waals surface area contributed by atoms with Crippen molar-refractivity contribution in [3.8, 4) is 0 Å². The van der Waals surface area contributed by atoms with Crippen LogP contribution in [0.1, 0.15) is 37.0 Å². The fourth-order valence-corrected chi connectivity index (χ4v) is 1.82. The van der Waals surface area contributed by atoms with Gasteiger partial charge in [0.2, 0.25) is 11.8 Å². The number of nitrogens with two attached hydrogens (primary N) is 1. The second-order valence-corrected chi connectivity index (χ2v) is 4.93. The Hall–Kier alpha value is -2.70. The van der Waals surface area contributed by atoms with Gasteiger partial charge < -0.3 is 21.2 Å². The Morgan fingerprint density at radius 3 is 2.41 bits per heavy atom. The van der Waals surface area contributed by atoms with Gasteiger partial charge in [-0.2, -0.15) is 0 Å². The van der Waals surface area contributed by atoms with E-state index >= 15 is 0 Å². The second kappa shape index (κ2) is 7.92. The highest BCUT2D eigenvalue weighted by molar-refractivity contribution is 5.99. The van der Waals surface area contributed by atoms with Gasteiger partial charge in [-0.1, -0.05) is 6.07 Å². The van der Waals surface area contributed by atoms with Gasteiger partial charge in [0.25, 0.3) is 5.91 Å². The minimum atomic E-state index is -0.916. The maximum atomic E-state index is 12.1. The summed E-state index contributed by atoms with van der Waals surface area (Å²) in [7, 11) is 0. The van der Waals surface area contributed by atoms with E-state index in [1.165, 1.54) is 19.9 Å². The molecule has 7 heteroatoms. The number of hydrogen-bond acceptors (Lipinski definition) is 4. The zero-order valence-electron chi connectivity index (χ0n) is 12.5. The van der Waals surface area contributed by atoms with Crippen LogP contribution >= 0.6 is 0 Å². The molecule has 4 N–H and O–H groups in total. The van der Waals surface area contributed by atoms with Crippen molar-refractivity contribution in [3.63, 3.8) is 0 Å². The molecule has 1 rings (SSSR count). The summed E-state index contributed by atoms with van der Waals surface area (Å²) in [5, 5.41) is 5.05. The van der Waals surface area contributed by atoms with Crippen LogP contribution in [-0.4, -0.2) is 29.5 Å². The van der Waals surface area contributed by atoms with Crippen molar-refractivity contribution in [2.45, 2.75) is 32.7 Å². The van der Waals surface area contributed by atoms with Gasteiger partial charge in [-0.15, -0.1) is 0 Å². The molecule has 0 aliphatic carbocycles. The molecule has 0 aromatic heterocycles. The summed E-state index contributed by atoms with van der Waals surface area (Å²) < 4.78 is 0. The zero-order valence-corrected chi connectivity index (χ0v) is 12.5. The molecule has 0 bridgehead atoms. The predicted octanol–water partition coefficient (Wildman–Crippen LogP) is 0.598. The van der Waals surface area contributed by atoms with Crippen molar-refractivity contribution in [2.24, 2.45) is 5.73 Å². The zero-order chi connectivity index (χ0) is 16.7. The first-order chi connectivity index (χ1) is 10.3. The lowest BCUT2D eigenvalue weighted by Crippen LogP contribution is -2.44. The molecule has 118 valence electrons. The molecule has 0 fully saturated rings. The van der Waals surface area contributed by atoms with Crippen molar-refractivity contribution >= 4 is 29.2 Å². The average Bonchev–Trinajstić information content (AvgIpc) is 2.42. The average molecular weight is 305 g/mol. The molecule has 0 aliphatic heterocycles. The Morgan fingerprint density at radius 1 is 1.18 bits per heavy atom. The number of anilines is 1. The van der Waals surface area contributed by atoms with E-state index in [-0.39, 0.29) is 30.1 Å². The third-order valence-corrected chi connectivity index (χ3v) is 2.88. The number of carbonyl (C=O) groups excluding carboxylic acids is 4. The molecule has 7 nitrogen and oxygen atoms in total. The van der Waals surface area contributed by atoms with Crippen LogP contribution in [0.3, 0.4) is 0 Å². The van der Waals surface area contributed by atoms with Crippen LogP contribution in [0.4, 0.5) is 5.69 Å². The number of benzene rings is 1. The number of amides is 3. The van der Waals surface area contributed by atoms with Gasteiger partial charge in [0.15, 0.2) is 0 Å². The van der Waals surface area contributed by atoms with Crippen molar-refractivity contribution in [2.75, 3.05) is 5.32 Å². The molecule has 0 unspecified atom stereocenters. The Kier molecular flexibility index (Phi) is 6.25. The normalized spacial score (nSPS) is 11.4. The lowest BCUT2D eigenvalue weighted by Gasteiger charge is -2.15. The number of ketones is 1. The monoisotopic (exact) mass is 305 g/mol. The van der Waals surface area contributed by atoms with Gasteiger partial charge in [-0.25, -0.2) is 0 Å². The molecule has 0 saturated heterocycles. The summed E-state index contributed by atoms with van der Waals surface area (Å²) in [5.41, 5.74) is 5.97. The Balaban J connectivity index is 2.79. The van der Waals surface area contributed by atoms with Crippen LogP contribution in [0.15, 0.2) is 24.3 Å². The quantitative estimate of drug-likeness (QED) is 0.683. The van der Waals surface area contributed by atoms with Gasteiger partial charge in [0, 0.05) is 24.6 Å². The molecule has 0 heterocycles. The van der Waals surface area contributed by atoms with Crippen molar-refractivity contribution in [1.29, 1.82) is 0 Å². The summed E-state index contributed by atoms with van der Waals surface area (Å²) in [5.74, 6) is -1.55. The number of primary amides is 1. The third-order valence-electron chi connectivity index (χ3n) is 2.88. The Bertz CT molecular complexity index is 598. The van der Waals surface area contributed by atoms with Gasteiger partial charge in [-0.3, -0.25) is 14.4 Å². The van der Waals surface area contributed by atoms with Crippen LogP contribution in [0, 0.1) is 0 Å². The van der Waals surface area contributed by atoms with Crippen molar-refractivity contribution in [1.82, 2.24) is 5.32 Å². The van der Waals surface area contributed by atoms with Crippen molar-refractivity contribution < 1.29 is 19.2 Å². The maximum Gasteiger partial charge on any atom is 0.252 e. The van der Waals surface area contributed by atoms with E-state index in [4.69, 9.17) is 5.73 Å². The lowest BCUT2D eigenvalue weighted by molar-refractivity contribution is -0.120. The summed E-state index contributed by atoms with van der Waals surface area (Å²) in [6.07, 6.45) is 0.307. The van der Waals surface area contributed by atoms with Crippen LogP contribution in [-0.2, 0) is 14.4 Å². The van der Waals surface area contributed by atoms with Crippen LogP contribution < -0.4 is 16.4 Å². The highest BCUT2D eigenvalue weighted by Crippen LogP contribution is 2.11. The lowest BCUT2D eigenvalue weighted by atomic mass is 10.1. The largest absolute Gasteiger partial charge is 0.368 e. The van der Waals surface area contributed by atoms with E-state index in [1.807, 2.05) is 0 Å². The highest BCUT2D eigenvalue weighted by atomic mass is 16.2. The van der Waals surface area contributed by atoms with Crippen LogP contribution in [0.25, 0.3) is 0 Å². The summed E-state index contributed by atoms with van der Waals surface area (Å²) >= 11 is 0. The van der Waals surface area contributed by atoms with E-state index in [0.717, 1.165) is 0 Å². The second-order valence-electron chi connectivity index (χ2n) is 4.93. The first kappa shape index (κ1) is 17.4. The minimum absolute atomic E-state index is 0.0897. The molecule has 0 aliphatic rings. The van der Waals surface area contributed by atoms with Crippen LogP contribution in [0.2, 0.25) is 0 Å². The Labute approximate surface area is 128 Å². The highest BCUT2D eigenvalue weighted by Gasteiger charge is 2.19. The molecule has 0 radical (unpaired) electrons. The third kappa shape index (κ3) is 5.74. The van der Waals surface area contributed by atoms with E-state index in [1.54, 1.807) is 18.2 Å². The number of Topliss-reactive ketones (excluding diaryl/α,β-unsaturated/α-hetero) is 1. The van der Waals surface area contributed by atoms with E-state index < -0.39 is 17.9 Å². The van der Waals surface area contributed by atoms with E-state index in [2.05, 4.69) is 10.6 Å². The van der Waals surface area contributed by atoms with Gasteiger partial charge >= 0.3 is 0 Å². The summed E-state index contributed by atoms with van der Waals surface area (Å²) in [6, 6.07) is 5.36. The maximum absolute atomic E-state index is 12.1. The van der Waals surface area contributed by atoms with Gasteiger partial charge in [0.05, 0.1) is 0 Å². The van der Waals surface area contributed by atoms with Gasteiger partial charge in [-0.05, 0) is 31.5 Å². The Morgan fingerprint density at radius 2 is 1.86 bits per heavy atom. The summed E-state index contributed by atoms with van der Waals surface area (Å²) in [6.45, 7) is 2.76. The predicted molar refractivity (Wildman–Crippen MR) is 81.1 cm³/mol. The fourth-order valence-electron chi connectivity index (χ4n) is 1.82. The number of rotatable bonds is 7. The first-order valence-electron chi connectivity index (χ1n) is 6.77. The fraction of sp³-hybridized carbons (Fsp3) is 0.333. The number of carbonyl (C=O) groups is 4. The van der Waals surface area contributed by atoms with Crippen molar-refractivity contribution in [3.05, 3.63) is 29.8 Å². The molecule has 0 saturated carbocycles. The molecule has 22 heavy (non-hydrogen) atoms. The smallest absolute Gasteiger partial charge is 0.252 e. The SMILES string of the molecule is CC(=O)CC[C@H](NC(=O)c1cccc(NC(C)=O)c1)C(N)=O. The minimum Gasteiger partial charge on any atom is -0.368 e. The standard InChI is InChI=1S/C15H19N3O4/c1-9(19)6-7-13(14(16)21)18-15(22)11-4-3-5-12(8-11)17-10(2)20/h3-5,8,13H,6-7H2,1-2H3,(H2,16,21)(H,17,20)(H,18,22)/t13-/m0/s1. The summed E-state index contributed by atoms with van der Waals surface area (Å²) in [4.78, 5) is 45.4. The molecular formula is C15H19N3O4. The topological polar surface area (TPSA) is 118 Å². The number of nitrogens with one attached hydrogen (secondary N) is 2.